The highest BCUT2D eigenvalue weighted by atomic mass is 19.1. The van der Waals surface area contributed by atoms with Gasteiger partial charge in [0.05, 0.1) is 12.3 Å². The standard InChI is InChI=1S/C17H20FN3O2/c18-15-12-13(23-11-3-10-21-8-1-2-9-21)4-5-14(15)16-6-7-17(22)20-19-16/h4-7,12H,1-3,8-11H2,(H,20,22). The Morgan fingerprint density at radius 1 is 1.22 bits per heavy atom. The van der Waals surface area contributed by atoms with Crippen molar-refractivity contribution in [2.75, 3.05) is 26.2 Å². The van der Waals surface area contributed by atoms with Gasteiger partial charge in [-0.2, -0.15) is 5.10 Å². The number of aromatic amines is 1. The van der Waals surface area contributed by atoms with Crippen molar-refractivity contribution in [2.45, 2.75) is 19.3 Å². The molecule has 1 aromatic carbocycles. The number of halogens is 1. The van der Waals surface area contributed by atoms with Gasteiger partial charge in [-0.05, 0) is 50.6 Å². The van der Waals surface area contributed by atoms with E-state index in [1.807, 2.05) is 0 Å². The van der Waals surface area contributed by atoms with Crippen LogP contribution < -0.4 is 10.3 Å². The predicted molar refractivity (Wildman–Crippen MR) is 86.0 cm³/mol. The lowest BCUT2D eigenvalue weighted by molar-refractivity contribution is 0.262. The predicted octanol–water partition coefficient (Wildman–Crippen LogP) is 2.44. The molecule has 122 valence electrons. The van der Waals surface area contributed by atoms with E-state index in [4.69, 9.17) is 4.74 Å². The summed E-state index contributed by atoms with van der Waals surface area (Å²) in [4.78, 5) is 13.4. The second-order valence-corrected chi connectivity index (χ2v) is 5.70. The van der Waals surface area contributed by atoms with Crippen LogP contribution in [0.3, 0.4) is 0 Å². The van der Waals surface area contributed by atoms with E-state index in [1.54, 1.807) is 12.1 Å². The maximum Gasteiger partial charge on any atom is 0.264 e. The molecule has 0 aliphatic carbocycles. The molecule has 0 atom stereocenters. The van der Waals surface area contributed by atoms with Gasteiger partial charge in [0.1, 0.15) is 11.6 Å². The molecule has 5 nitrogen and oxygen atoms in total. The zero-order valence-electron chi connectivity index (χ0n) is 12.9. The molecular weight excluding hydrogens is 297 g/mol. The van der Waals surface area contributed by atoms with E-state index in [1.165, 1.54) is 44.1 Å². The van der Waals surface area contributed by atoms with E-state index in [-0.39, 0.29) is 5.56 Å². The minimum atomic E-state index is -0.415. The second kappa shape index (κ2) is 7.37. The van der Waals surface area contributed by atoms with Crippen LogP contribution in [-0.2, 0) is 0 Å². The largest absolute Gasteiger partial charge is 0.493 e. The highest BCUT2D eigenvalue weighted by Gasteiger charge is 2.11. The Kier molecular flexibility index (Phi) is 5.02. The lowest BCUT2D eigenvalue weighted by atomic mass is 10.1. The summed E-state index contributed by atoms with van der Waals surface area (Å²) >= 11 is 0. The van der Waals surface area contributed by atoms with Crippen molar-refractivity contribution in [3.05, 3.63) is 46.5 Å². The first kappa shape index (κ1) is 15.7. The zero-order chi connectivity index (χ0) is 16.1. The molecule has 1 N–H and O–H groups in total. The molecule has 1 aromatic heterocycles. The molecule has 1 saturated heterocycles. The number of likely N-dealkylation sites (tertiary alicyclic amines) is 1. The van der Waals surface area contributed by atoms with Gasteiger partial charge < -0.3 is 9.64 Å². The molecule has 2 heterocycles. The highest BCUT2D eigenvalue weighted by molar-refractivity contribution is 5.60. The van der Waals surface area contributed by atoms with Crippen LogP contribution >= 0.6 is 0 Å². The molecule has 0 spiro atoms. The van der Waals surface area contributed by atoms with Gasteiger partial charge in [-0.15, -0.1) is 0 Å². The highest BCUT2D eigenvalue weighted by Crippen LogP contribution is 2.24. The van der Waals surface area contributed by atoms with Crippen LogP contribution in [0.25, 0.3) is 11.3 Å². The summed E-state index contributed by atoms with van der Waals surface area (Å²) in [5.41, 5.74) is 0.417. The van der Waals surface area contributed by atoms with Crippen LogP contribution in [0.1, 0.15) is 19.3 Å². The summed E-state index contributed by atoms with van der Waals surface area (Å²) in [7, 11) is 0. The van der Waals surface area contributed by atoms with Gasteiger partial charge in [-0.3, -0.25) is 4.79 Å². The third-order valence-corrected chi connectivity index (χ3v) is 3.98. The monoisotopic (exact) mass is 317 g/mol. The van der Waals surface area contributed by atoms with Gasteiger partial charge in [0.25, 0.3) is 5.56 Å². The molecule has 3 rings (SSSR count). The number of ether oxygens (including phenoxy) is 1. The molecule has 0 unspecified atom stereocenters. The van der Waals surface area contributed by atoms with Crippen molar-refractivity contribution < 1.29 is 9.13 Å². The Labute approximate surface area is 134 Å². The Morgan fingerprint density at radius 3 is 2.74 bits per heavy atom. The summed E-state index contributed by atoms with van der Waals surface area (Å²) in [5.74, 6) is 0.0960. The fourth-order valence-electron chi connectivity index (χ4n) is 2.77. The minimum absolute atomic E-state index is 0.313. The van der Waals surface area contributed by atoms with E-state index in [0.717, 1.165) is 13.0 Å². The number of benzene rings is 1. The summed E-state index contributed by atoms with van der Waals surface area (Å²) in [6.45, 7) is 3.96. The number of hydrogen-bond acceptors (Lipinski definition) is 4. The summed E-state index contributed by atoms with van der Waals surface area (Å²) in [6.07, 6.45) is 3.50. The molecule has 2 aromatic rings. The maximum atomic E-state index is 14.2. The van der Waals surface area contributed by atoms with Crippen LogP contribution in [0.4, 0.5) is 4.39 Å². The molecular formula is C17H20FN3O2. The van der Waals surface area contributed by atoms with E-state index in [9.17, 15) is 9.18 Å². The molecule has 23 heavy (non-hydrogen) atoms. The lowest BCUT2D eigenvalue weighted by Crippen LogP contribution is -2.21. The SMILES string of the molecule is O=c1ccc(-c2ccc(OCCCN3CCCC3)cc2F)n[nH]1. The third kappa shape index (κ3) is 4.16. The van der Waals surface area contributed by atoms with Gasteiger partial charge in [-0.1, -0.05) is 0 Å². The first-order valence-electron chi connectivity index (χ1n) is 7.93. The molecule has 0 saturated carbocycles. The molecule has 0 amide bonds. The number of nitrogens with one attached hydrogen (secondary N) is 1. The van der Waals surface area contributed by atoms with Crippen molar-refractivity contribution in [3.8, 4) is 17.0 Å². The van der Waals surface area contributed by atoms with Crippen LogP contribution in [0, 0.1) is 5.82 Å². The second-order valence-electron chi connectivity index (χ2n) is 5.70. The zero-order valence-corrected chi connectivity index (χ0v) is 12.9. The quantitative estimate of drug-likeness (QED) is 0.832. The van der Waals surface area contributed by atoms with Gasteiger partial charge >= 0.3 is 0 Å². The minimum Gasteiger partial charge on any atom is -0.493 e. The van der Waals surface area contributed by atoms with E-state index >= 15 is 0 Å². The Bertz CT molecular complexity index is 691. The number of hydrogen-bond donors (Lipinski definition) is 1. The van der Waals surface area contributed by atoms with Gasteiger partial charge in [0.2, 0.25) is 0 Å². The first-order chi connectivity index (χ1) is 11.2. The van der Waals surface area contributed by atoms with E-state index < -0.39 is 5.82 Å². The van der Waals surface area contributed by atoms with Crippen molar-refractivity contribution in [2.24, 2.45) is 0 Å². The van der Waals surface area contributed by atoms with Crippen LogP contribution in [0.2, 0.25) is 0 Å². The average molecular weight is 317 g/mol. The molecule has 0 radical (unpaired) electrons. The summed E-state index contributed by atoms with van der Waals surface area (Å²) in [6, 6.07) is 7.52. The van der Waals surface area contributed by atoms with Crippen LogP contribution in [0.15, 0.2) is 35.1 Å². The topological polar surface area (TPSA) is 58.2 Å². The fourth-order valence-corrected chi connectivity index (χ4v) is 2.77. The maximum absolute atomic E-state index is 14.2. The molecule has 1 aliphatic rings. The first-order valence-corrected chi connectivity index (χ1v) is 7.93. The number of rotatable bonds is 6. The molecule has 6 heteroatoms. The smallest absolute Gasteiger partial charge is 0.264 e. The van der Waals surface area contributed by atoms with Gasteiger partial charge in [0.15, 0.2) is 0 Å². The van der Waals surface area contributed by atoms with Crippen LogP contribution in [0.5, 0.6) is 5.75 Å². The summed E-state index contributed by atoms with van der Waals surface area (Å²) < 4.78 is 19.8. The Balaban J connectivity index is 1.56. The van der Waals surface area contributed by atoms with Crippen LogP contribution in [-0.4, -0.2) is 41.3 Å². The fraction of sp³-hybridized carbons (Fsp3) is 0.412. The molecule has 1 aliphatic heterocycles. The number of aromatic nitrogens is 2. The van der Waals surface area contributed by atoms with Gasteiger partial charge in [-0.25, -0.2) is 9.49 Å². The number of nitrogens with zero attached hydrogens (tertiary/aromatic N) is 2. The average Bonchev–Trinajstić information content (AvgIpc) is 3.06. The lowest BCUT2D eigenvalue weighted by Gasteiger charge is -2.14. The van der Waals surface area contributed by atoms with Crippen molar-refractivity contribution in [1.29, 1.82) is 0 Å². The normalized spacial score (nSPS) is 15.0. The molecule has 0 bridgehead atoms. The number of H-pyrrole nitrogens is 1. The Morgan fingerprint density at radius 2 is 2.04 bits per heavy atom. The summed E-state index contributed by atoms with van der Waals surface area (Å²) in [5, 5.41) is 6.14. The van der Waals surface area contributed by atoms with Crippen molar-refractivity contribution in [3.63, 3.8) is 0 Å². The molecule has 1 fully saturated rings. The van der Waals surface area contributed by atoms with Crippen molar-refractivity contribution in [1.82, 2.24) is 15.1 Å². The Hall–Kier alpha value is -2.21. The third-order valence-electron chi connectivity index (χ3n) is 3.98. The van der Waals surface area contributed by atoms with E-state index in [2.05, 4.69) is 15.1 Å². The van der Waals surface area contributed by atoms with Gasteiger partial charge in [0, 0.05) is 24.2 Å². The van der Waals surface area contributed by atoms with Crippen molar-refractivity contribution >= 4 is 0 Å². The van der Waals surface area contributed by atoms with E-state index in [0.29, 0.717) is 23.6 Å².